The second kappa shape index (κ2) is 10.4. The van der Waals surface area contributed by atoms with Gasteiger partial charge in [0.25, 0.3) is 0 Å². The first-order valence-corrected chi connectivity index (χ1v) is 11.0. The molecule has 0 radical (unpaired) electrons. The minimum absolute atomic E-state index is 0. The zero-order valence-electron chi connectivity index (χ0n) is 17.3. The minimum atomic E-state index is 0. The fourth-order valence-corrected chi connectivity index (χ4v) is 4.91. The molecule has 0 bridgehead atoms. The standard InChI is InChI=1S/C20H35N5S.HI/c1-20(2,3)17-15-26-18(23-17)7-9-22-19(21-4)25-12-8-16(14-25)13-24-10-5-6-11-24;/h15-16H,5-14H2,1-4H3,(H,21,22);1H. The Hall–Kier alpha value is -0.410. The van der Waals surface area contributed by atoms with E-state index in [1.54, 1.807) is 11.3 Å². The van der Waals surface area contributed by atoms with E-state index in [-0.39, 0.29) is 29.4 Å². The van der Waals surface area contributed by atoms with E-state index in [1.165, 1.54) is 49.6 Å². The van der Waals surface area contributed by atoms with Gasteiger partial charge < -0.3 is 15.1 Å². The van der Waals surface area contributed by atoms with Gasteiger partial charge in [-0.25, -0.2) is 4.98 Å². The molecule has 0 amide bonds. The molecule has 27 heavy (non-hydrogen) atoms. The Morgan fingerprint density at radius 2 is 2.04 bits per heavy atom. The van der Waals surface area contributed by atoms with Crippen molar-refractivity contribution < 1.29 is 0 Å². The summed E-state index contributed by atoms with van der Waals surface area (Å²) in [6.07, 6.45) is 5.02. The van der Waals surface area contributed by atoms with Crippen molar-refractivity contribution in [2.75, 3.05) is 46.3 Å². The first-order valence-electron chi connectivity index (χ1n) is 10.1. The number of aromatic nitrogens is 1. The van der Waals surface area contributed by atoms with Gasteiger partial charge in [-0.3, -0.25) is 4.99 Å². The zero-order valence-corrected chi connectivity index (χ0v) is 20.5. The topological polar surface area (TPSA) is 43.8 Å². The summed E-state index contributed by atoms with van der Waals surface area (Å²) in [6.45, 7) is 13.7. The van der Waals surface area contributed by atoms with Crippen LogP contribution in [0.5, 0.6) is 0 Å². The van der Waals surface area contributed by atoms with Gasteiger partial charge in [0.05, 0.1) is 10.7 Å². The summed E-state index contributed by atoms with van der Waals surface area (Å²) < 4.78 is 0. The summed E-state index contributed by atoms with van der Waals surface area (Å²) in [5.74, 6) is 1.85. The van der Waals surface area contributed by atoms with Crippen LogP contribution >= 0.6 is 35.3 Å². The van der Waals surface area contributed by atoms with Crippen LogP contribution in [-0.4, -0.2) is 67.1 Å². The smallest absolute Gasteiger partial charge is 0.193 e. The van der Waals surface area contributed by atoms with Gasteiger partial charge in [0.2, 0.25) is 0 Å². The Morgan fingerprint density at radius 3 is 2.67 bits per heavy atom. The third-order valence-corrected chi connectivity index (χ3v) is 6.36. The van der Waals surface area contributed by atoms with Crippen LogP contribution in [0.25, 0.3) is 0 Å². The molecule has 1 aromatic heterocycles. The normalized spacial score (nSPS) is 21.6. The van der Waals surface area contributed by atoms with Crippen LogP contribution in [-0.2, 0) is 11.8 Å². The monoisotopic (exact) mass is 505 g/mol. The predicted molar refractivity (Wildman–Crippen MR) is 127 cm³/mol. The van der Waals surface area contributed by atoms with E-state index in [0.29, 0.717) is 0 Å². The van der Waals surface area contributed by atoms with Gasteiger partial charge in [0, 0.05) is 50.4 Å². The highest BCUT2D eigenvalue weighted by Gasteiger charge is 2.27. The number of hydrogen-bond acceptors (Lipinski definition) is 4. The van der Waals surface area contributed by atoms with Crippen molar-refractivity contribution in [1.82, 2.24) is 20.1 Å². The third kappa shape index (κ3) is 6.56. The molecule has 0 saturated carbocycles. The van der Waals surface area contributed by atoms with E-state index in [0.717, 1.165) is 37.9 Å². The summed E-state index contributed by atoms with van der Waals surface area (Å²) in [5.41, 5.74) is 1.34. The van der Waals surface area contributed by atoms with Crippen molar-refractivity contribution in [2.24, 2.45) is 10.9 Å². The van der Waals surface area contributed by atoms with Crippen LogP contribution in [0.2, 0.25) is 0 Å². The van der Waals surface area contributed by atoms with Crippen LogP contribution in [0.15, 0.2) is 10.4 Å². The molecule has 1 N–H and O–H groups in total. The molecule has 2 fully saturated rings. The molecule has 2 saturated heterocycles. The highest BCUT2D eigenvalue weighted by atomic mass is 127. The molecule has 1 atom stereocenters. The largest absolute Gasteiger partial charge is 0.356 e. The summed E-state index contributed by atoms with van der Waals surface area (Å²) in [5, 5.41) is 6.97. The van der Waals surface area contributed by atoms with E-state index >= 15 is 0 Å². The number of likely N-dealkylation sites (tertiary alicyclic amines) is 2. The number of hydrogen-bond donors (Lipinski definition) is 1. The maximum absolute atomic E-state index is 4.79. The van der Waals surface area contributed by atoms with Gasteiger partial charge in [0.15, 0.2) is 5.96 Å². The van der Waals surface area contributed by atoms with Gasteiger partial charge >= 0.3 is 0 Å². The lowest BCUT2D eigenvalue weighted by molar-refractivity contribution is 0.281. The third-order valence-electron chi connectivity index (χ3n) is 5.45. The summed E-state index contributed by atoms with van der Waals surface area (Å²) in [7, 11) is 1.90. The fraction of sp³-hybridized carbons (Fsp3) is 0.800. The van der Waals surface area contributed by atoms with Crippen molar-refractivity contribution in [1.29, 1.82) is 0 Å². The summed E-state index contributed by atoms with van der Waals surface area (Å²) in [6, 6.07) is 0. The van der Waals surface area contributed by atoms with Crippen LogP contribution in [0.4, 0.5) is 0 Å². The Balaban J connectivity index is 0.00000261. The van der Waals surface area contributed by atoms with Crippen LogP contribution in [0.1, 0.15) is 50.7 Å². The second-order valence-corrected chi connectivity index (χ2v) is 9.65. The molecule has 3 heterocycles. The molecule has 0 aliphatic carbocycles. The molecule has 0 aromatic carbocycles. The number of halogens is 1. The molecule has 0 spiro atoms. The lowest BCUT2D eigenvalue weighted by Gasteiger charge is -2.23. The highest BCUT2D eigenvalue weighted by Crippen LogP contribution is 2.24. The molecule has 2 aliphatic heterocycles. The molecule has 3 rings (SSSR count). The van der Waals surface area contributed by atoms with Crippen molar-refractivity contribution >= 4 is 41.3 Å². The first kappa shape index (κ1) is 22.9. The minimum Gasteiger partial charge on any atom is -0.356 e. The SMILES string of the molecule is CN=C(NCCc1nc(C(C)(C)C)cs1)N1CCC(CN2CCCC2)C1.I. The molecule has 154 valence electrons. The van der Waals surface area contributed by atoms with Gasteiger partial charge in [-0.2, -0.15) is 0 Å². The Labute approximate surface area is 186 Å². The molecule has 2 aliphatic rings. The molecule has 1 unspecified atom stereocenters. The number of nitrogens with one attached hydrogen (secondary N) is 1. The number of aliphatic imine (C=N–C) groups is 1. The predicted octanol–water partition coefficient (Wildman–Crippen LogP) is 3.59. The van der Waals surface area contributed by atoms with Gasteiger partial charge in [0.1, 0.15) is 0 Å². The van der Waals surface area contributed by atoms with E-state index in [1.807, 2.05) is 7.05 Å². The summed E-state index contributed by atoms with van der Waals surface area (Å²) in [4.78, 5) is 14.4. The van der Waals surface area contributed by atoms with E-state index in [2.05, 4.69) is 46.3 Å². The van der Waals surface area contributed by atoms with Gasteiger partial charge in [-0.15, -0.1) is 35.3 Å². The van der Waals surface area contributed by atoms with E-state index < -0.39 is 0 Å². The Kier molecular flexibility index (Phi) is 8.80. The molecule has 1 aromatic rings. The highest BCUT2D eigenvalue weighted by molar-refractivity contribution is 14.0. The average molecular weight is 506 g/mol. The lowest BCUT2D eigenvalue weighted by Crippen LogP contribution is -2.41. The average Bonchev–Trinajstić information content (AvgIpc) is 3.33. The van der Waals surface area contributed by atoms with Gasteiger partial charge in [-0.05, 0) is 38.3 Å². The van der Waals surface area contributed by atoms with Crippen LogP contribution < -0.4 is 5.32 Å². The van der Waals surface area contributed by atoms with E-state index in [4.69, 9.17) is 4.98 Å². The lowest BCUT2D eigenvalue weighted by atomic mass is 9.93. The molecular weight excluding hydrogens is 469 g/mol. The molecule has 7 heteroatoms. The molecule has 5 nitrogen and oxygen atoms in total. The molecular formula is C20H36IN5S. The maximum Gasteiger partial charge on any atom is 0.193 e. The number of guanidine groups is 1. The van der Waals surface area contributed by atoms with Crippen LogP contribution in [0.3, 0.4) is 0 Å². The Bertz CT molecular complexity index is 604. The van der Waals surface area contributed by atoms with Gasteiger partial charge in [-0.1, -0.05) is 20.8 Å². The van der Waals surface area contributed by atoms with Crippen molar-refractivity contribution in [3.05, 3.63) is 16.1 Å². The number of nitrogens with zero attached hydrogens (tertiary/aromatic N) is 4. The summed E-state index contributed by atoms with van der Waals surface area (Å²) >= 11 is 1.78. The zero-order chi connectivity index (χ0) is 18.6. The fourth-order valence-electron chi connectivity index (χ4n) is 3.89. The number of rotatable bonds is 5. The number of thiazole rings is 1. The Morgan fingerprint density at radius 1 is 1.30 bits per heavy atom. The van der Waals surface area contributed by atoms with Crippen molar-refractivity contribution in [3.63, 3.8) is 0 Å². The quantitative estimate of drug-likeness (QED) is 0.378. The first-order chi connectivity index (χ1) is 12.5. The van der Waals surface area contributed by atoms with E-state index in [9.17, 15) is 0 Å². The van der Waals surface area contributed by atoms with Crippen LogP contribution in [0, 0.1) is 5.92 Å². The maximum atomic E-state index is 4.79. The second-order valence-electron chi connectivity index (χ2n) is 8.71. The van der Waals surface area contributed by atoms with Crippen molar-refractivity contribution in [3.8, 4) is 0 Å². The van der Waals surface area contributed by atoms with Crippen molar-refractivity contribution in [2.45, 2.75) is 51.9 Å².